The van der Waals surface area contributed by atoms with Gasteiger partial charge in [-0.15, -0.1) is 11.6 Å². The van der Waals surface area contributed by atoms with Crippen LogP contribution in [0.15, 0.2) is 0 Å². The summed E-state index contributed by atoms with van der Waals surface area (Å²) in [5.74, 6) is -0.256. The Labute approximate surface area is 131 Å². The molecule has 0 rings (SSSR count). The van der Waals surface area contributed by atoms with E-state index in [1.165, 1.54) is 7.11 Å². The molecule has 0 aliphatic rings. The summed E-state index contributed by atoms with van der Waals surface area (Å²) in [6.07, 6.45) is 1.79. The zero-order valence-corrected chi connectivity index (χ0v) is 14.5. The van der Waals surface area contributed by atoms with Crippen molar-refractivity contribution in [3.8, 4) is 0 Å². The van der Waals surface area contributed by atoms with Crippen LogP contribution in [0.2, 0.25) is 0 Å². The SMILES string of the molecule is CCCCSP(=O)(NC(=O)C(Cl)C(Cl)(Cl)Cl)OC. The van der Waals surface area contributed by atoms with E-state index in [0.717, 1.165) is 24.2 Å². The summed E-state index contributed by atoms with van der Waals surface area (Å²) in [5.41, 5.74) is 0. The molecule has 0 aromatic carbocycles. The summed E-state index contributed by atoms with van der Waals surface area (Å²) in [6, 6.07) is 0. The standard InChI is InChI=1S/C8H14Cl4NO3PS/c1-3-4-5-18-17(15,16-2)13-7(14)6(9)8(10,11)12/h6H,3-5H2,1-2H3,(H,13,14,15). The molecule has 0 aliphatic heterocycles. The number of amides is 1. The van der Waals surface area contributed by atoms with Gasteiger partial charge in [-0.2, -0.15) is 0 Å². The summed E-state index contributed by atoms with van der Waals surface area (Å²) in [7, 11) is 1.23. The Morgan fingerprint density at radius 1 is 1.50 bits per heavy atom. The van der Waals surface area contributed by atoms with Crippen LogP contribution in [0.4, 0.5) is 0 Å². The van der Waals surface area contributed by atoms with E-state index in [1.54, 1.807) is 0 Å². The summed E-state index contributed by atoms with van der Waals surface area (Å²) in [4.78, 5) is 11.6. The topological polar surface area (TPSA) is 55.4 Å². The summed E-state index contributed by atoms with van der Waals surface area (Å²) in [5, 5.41) is 0.734. The number of carbonyl (C=O) groups is 1. The van der Waals surface area contributed by atoms with Crippen LogP contribution in [0.5, 0.6) is 0 Å². The maximum Gasteiger partial charge on any atom is 0.352 e. The van der Waals surface area contributed by atoms with Crippen molar-refractivity contribution in [2.24, 2.45) is 0 Å². The Bertz CT molecular complexity index is 326. The minimum absolute atomic E-state index is 0.586. The number of alkyl halides is 4. The summed E-state index contributed by atoms with van der Waals surface area (Å²) < 4.78 is 15.0. The quantitative estimate of drug-likeness (QED) is 0.407. The van der Waals surface area contributed by atoms with Gasteiger partial charge in [-0.3, -0.25) is 14.4 Å². The van der Waals surface area contributed by atoms with Crippen LogP contribution in [0.3, 0.4) is 0 Å². The fourth-order valence-corrected chi connectivity index (χ4v) is 4.43. The predicted molar refractivity (Wildman–Crippen MR) is 80.1 cm³/mol. The molecule has 0 radical (unpaired) electrons. The van der Waals surface area contributed by atoms with Gasteiger partial charge in [0.1, 0.15) is 0 Å². The van der Waals surface area contributed by atoms with Crippen molar-refractivity contribution in [2.45, 2.75) is 28.9 Å². The normalized spacial score (nSPS) is 17.0. The smallest absolute Gasteiger partial charge is 0.309 e. The molecular formula is C8H14Cl4NO3PS. The van der Waals surface area contributed by atoms with Gasteiger partial charge >= 0.3 is 6.72 Å². The van der Waals surface area contributed by atoms with E-state index < -0.39 is 21.8 Å². The molecule has 0 saturated carbocycles. The molecule has 2 unspecified atom stereocenters. The molecular weight excluding hydrogens is 363 g/mol. The first-order valence-electron chi connectivity index (χ1n) is 4.99. The maximum atomic E-state index is 12.1. The Kier molecular flexibility index (Phi) is 9.00. The molecule has 0 aromatic heterocycles. The predicted octanol–water partition coefficient (Wildman–Crippen LogP) is 4.37. The fraction of sp³-hybridized carbons (Fsp3) is 0.875. The number of carbonyl (C=O) groups excluding carboxylic acids is 1. The molecule has 1 N–H and O–H groups in total. The van der Waals surface area contributed by atoms with Crippen molar-refractivity contribution in [3.05, 3.63) is 0 Å². The molecule has 0 bridgehead atoms. The highest BCUT2D eigenvalue weighted by Gasteiger charge is 2.39. The Morgan fingerprint density at radius 3 is 2.44 bits per heavy atom. The van der Waals surface area contributed by atoms with Crippen LogP contribution in [0.1, 0.15) is 19.8 Å². The Morgan fingerprint density at radius 2 is 2.06 bits per heavy atom. The van der Waals surface area contributed by atoms with Crippen molar-refractivity contribution < 1.29 is 13.9 Å². The van der Waals surface area contributed by atoms with Crippen molar-refractivity contribution in [3.63, 3.8) is 0 Å². The van der Waals surface area contributed by atoms with Gasteiger partial charge in [0, 0.05) is 12.9 Å². The molecule has 108 valence electrons. The third kappa shape index (κ3) is 7.09. The van der Waals surface area contributed by atoms with Crippen molar-refractivity contribution in [2.75, 3.05) is 12.9 Å². The van der Waals surface area contributed by atoms with E-state index in [4.69, 9.17) is 50.9 Å². The minimum atomic E-state index is -3.35. The van der Waals surface area contributed by atoms with E-state index in [9.17, 15) is 9.36 Å². The van der Waals surface area contributed by atoms with Crippen LogP contribution >= 0.6 is 64.5 Å². The number of rotatable bonds is 7. The average molecular weight is 377 g/mol. The molecule has 0 fully saturated rings. The van der Waals surface area contributed by atoms with Gasteiger partial charge in [0.2, 0.25) is 9.70 Å². The highest BCUT2D eigenvalue weighted by atomic mass is 35.6. The fourth-order valence-electron chi connectivity index (χ4n) is 0.800. The number of hydrogen-bond donors (Lipinski definition) is 1. The lowest BCUT2D eigenvalue weighted by Gasteiger charge is -2.21. The summed E-state index contributed by atoms with van der Waals surface area (Å²) >= 11 is 23.1. The largest absolute Gasteiger partial charge is 0.352 e. The number of hydrogen-bond acceptors (Lipinski definition) is 4. The van der Waals surface area contributed by atoms with Gasteiger partial charge in [-0.25, -0.2) is 0 Å². The third-order valence-electron chi connectivity index (χ3n) is 1.76. The van der Waals surface area contributed by atoms with Crippen molar-refractivity contribution in [1.82, 2.24) is 5.09 Å². The van der Waals surface area contributed by atoms with E-state index in [2.05, 4.69) is 5.09 Å². The second-order valence-electron chi connectivity index (χ2n) is 3.25. The van der Waals surface area contributed by atoms with Gasteiger partial charge in [-0.05, 0) is 17.8 Å². The molecule has 18 heavy (non-hydrogen) atoms. The number of nitrogens with one attached hydrogen (secondary N) is 1. The van der Waals surface area contributed by atoms with Crippen LogP contribution in [-0.2, 0) is 13.9 Å². The highest BCUT2D eigenvalue weighted by molar-refractivity contribution is 8.56. The lowest BCUT2D eigenvalue weighted by Crippen LogP contribution is -2.37. The van der Waals surface area contributed by atoms with Crippen LogP contribution in [0.25, 0.3) is 0 Å². The molecule has 0 saturated heterocycles. The highest BCUT2D eigenvalue weighted by Crippen LogP contribution is 2.55. The van der Waals surface area contributed by atoms with Crippen molar-refractivity contribution in [1.29, 1.82) is 0 Å². The molecule has 10 heteroatoms. The first kappa shape index (κ1) is 19.2. The Hall–Kier alpha value is 1.17. The van der Waals surface area contributed by atoms with E-state index >= 15 is 0 Å². The minimum Gasteiger partial charge on any atom is -0.309 e. The van der Waals surface area contributed by atoms with Crippen LogP contribution < -0.4 is 5.09 Å². The van der Waals surface area contributed by atoms with Crippen LogP contribution in [-0.4, -0.2) is 27.9 Å². The average Bonchev–Trinajstić information content (AvgIpc) is 2.27. The first-order valence-corrected chi connectivity index (χ1v) is 9.78. The monoisotopic (exact) mass is 375 g/mol. The van der Waals surface area contributed by atoms with E-state index in [0.29, 0.717) is 5.75 Å². The number of unbranched alkanes of at least 4 members (excludes halogenated alkanes) is 1. The molecule has 0 aromatic rings. The second kappa shape index (κ2) is 8.46. The first-order chi connectivity index (χ1) is 8.16. The summed E-state index contributed by atoms with van der Waals surface area (Å²) in [6.45, 7) is -1.36. The van der Waals surface area contributed by atoms with Gasteiger partial charge in [0.25, 0.3) is 0 Å². The molecule has 0 spiro atoms. The molecule has 2 atom stereocenters. The molecule has 0 aliphatic carbocycles. The molecule has 4 nitrogen and oxygen atoms in total. The lowest BCUT2D eigenvalue weighted by molar-refractivity contribution is -0.119. The lowest BCUT2D eigenvalue weighted by atomic mass is 10.4. The zero-order valence-electron chi connectivity index (χ0n) is 9.79. The van der Waals surface area contributed by atoms with Crippen molar-refractivity contribution >= 4 is 70.4 Å². The van der Waals surface area contributed by atoms with Gasteiger partial charge in [0.05, 0.1) is 0 Å². The van der Waals surface area contributed by atoms with Gasteiger partial charge < -0.3 is 4.52 Å². The Balaban J connectivity index is 4.53. The third-order valence-corrected chi connectivity index (χ3v) is 7.35. The van der Waals surface area contributed by atoms with E-state index in [-0.39, 0.29) is 0 Å². The number of halogens is 4. The molecule has 1 amide bonds. The second-order valence-corrected chi connectivity index (χ2v) is 10.5. The molecule has 0 heterocycles. The van der Waals surface area contributed by atoms with E-state index in [1.807, 2.05) is 6.92 Å². The van der Waals surface area contributed by atoms with Gasteiger partial charge in [0.15, 0.2) is 5.38 Å². The van der Waals surface area contributed by atoms with Crippen LogP contribution in [0, 0.1) is 0 Å². The maximum absolute atomic E-state index is 12.1. The van der Waals surface area contributed by atoms with Gasteiger partial charge in [-0.1, -0.05) is 48.1 Å². The zero-order chi connectivity index (χ0) is 14.4.